The van der Waals surface area contributed by atoms with E-state index in [2.05, 4.69) is 0 Å². The van der Waals surface area contributed by atoms with Crippen molar-refractivity contribution in [1.82, 2.24) is 0 Å². The van der Waals surface area contributed by atoms with Crippen LogP contribution < -0.4 is 10.5 Å². The molecule has 1 aromatic carbocycles. The van der Waals surface area contributed by atoms with Crippen LogP contribution in [0.3, 0.4) is 0 Å². The lowest BCUT2D eigenvalue weighted by Crippen LogP contribution is -2.03. The maximum absolute atomic E-state index is 11.2. The van der Waals surface area contributed by atoms with E-state index in [0.29, 0.717) is 17.2 Å². The molecule has 0 saturated heterocycles. The van der Waals surface area contributed by atoms with Crippen LogP contribution in [-0.4, -0.2) is 12.4 Å². The lowest BCUT2D eigenvalue weighted by atomic mass is 10.1. The molecule has 2 rings (SSSR count). The summed E-state index contributed by atoms with van der Waals surface area (Å²) in [5.41, 5.74) is 6.74. The Labute approximate surface area is 89.2 Å². The number of anilines is 1. The highest BCUT2D eigenvalue weighted by atomic mass is 16.5. The predicted octanol–water partition coefficient (Wildman–Crippen LogP) is 2.26. The van der Waals surface area contributed by atoms with E-state index in [4.69, 9.17) is 10.5 Å². The van der Waals surface area contributed by atoms with Gasteiger partial charge in [-0.2, -0.15) is 0 Å². The number of hydrogen-bond acceptors (Lipinski definition) is 3. The highest BCUT2D eigenvalue weighted by Crippen LogP contribution is 2.30. The summed E-state index contributed by atoms with van der Waals surface area (Å²) in [6, 6.07) is 5.25. The van der Waals surface area contributed by atoms with Gasteiger partial charge >= 0.3 is 0 Å². The van der Waals surface area contributed by atoms with Crippen LogP contribution in [0.2, 0.25) is 0 Å². The molecule has 0 atom stereocenters. The Hall–Kier alpha value is -1.51. The first-order valence-electron chi connectivity index (χ1n) is 5.20. The Balaban J connectivity index is 2.10. The number of rotatable bonds is 4. The minimum Gasteiger partial charge on any atom is -0.493 e. The summed E-state index contributed by atoms with van der Waals surface area (Å²) in [6.07, 6.45) is 2.52. The van der Waals surface area contributed by atoms with E-state index in [1.54, 1.807) is 12.1 Å². The summed E-state index contributed by atoms with van der Waals surface area (Å²) in [5.74, 6) is 1.43. The molecule has 0 heterocycles. The molecule has 0 unspecified atom stereocenters. The van der Waals surface area contributed by atoms with Gasteiger partial charge in [0.15, 0.2) is 5.78 Å². The second-order valence-electron chi connectivity index (χ2n) is 4.06. The smallest absolute Gasteiger partial charge is 0.162 e. The summed E-state index contributed by atoms with van der Waals surface area (Å²) in [6.45, 7) is 2.26. The van der Waals surface area contributed by atoms with Crippen molar-refractivity contribution >= 4 is 11.5 Å². The highest BCUT2D eigenvalue weighted by Gasteiger charge is 2.22. The molecule has 3 nitrogen and oxygen atoms in total. The van der Waals surface area contributed by atoms with Crippen molar-refractivity contribution in [3.8, 4) is 5.75 Å². The molecule has 0 aromatic heterocycles. The van der Waals surface area contributed by atoms with Crippen LogP contribution in [0, 0.1) is 5.92 Å². The van der Waals surface area contributed by atoms with Gasteiger partial charge in [0.1, 0.15) is 5.75 Å². The average Bonchev–Trinajstić information content (AvgIpc) is 3.00. The number of benzene rings is 1. The molecular formula is C12H15NO2. The van der Waals surface area contributed by atoms with Crippen molar-refractivity contribution in [3.05, 3.63) is 23.8 Å². The first-order valence-corrected chi connectivity index (χ1v) is 5.20. The summed E-state index contributed by atoms with van der Waals surface area (Å²) >= 11 is 0. The molecule has 3 heteroatoms. The zero-order chi connectivity index (χ0) is 10.8. The fourth-order valence-corrected chi connectivity index (χ4v) is 1.43. The maximum Gasteiger partial charge on any atom is 0.162 e. The third-order valence-corrected chi connectivity index (χ3v) is 2.59. The van der Waals surface area contributed by atoms with Gasteiger partial charge in [-0.15, -0.1) is 0 Å². The Morgan fingerprint density at radius 2 is 2.27 bits per heavy atom. The van der Waals surface area contributed by atoms with Gasteiger partial charge in [-0.05, 0) is 43.9 Å². The Morgan fingerprint density at radius 1 is 1.53 bits per heavy atom. The average molecular weight is 205 g/mol. The van der Waals surface area contributed by atoms with E-state index in [1.807, 2.05) is 6.07 Å². The molecule has 0 bridgehead atoms. The Kier molecular flexibility index (Phi) is 2.62. The monoisotopic (exact) mass is 205 g/mol. The lowest BCUT2D eigenvalue weighted by Gasteiger charge is -2.07. The van der Waals surface area contributed by atoms with Gasteiger partial charge in [0.25, 0.3) is 0 Å². The normalized spacial score (nSPS) is 15.0. The van der Waals surface area contributed by atoms with Crippen LogP contribution in [0.1, 0.15) is 30.1 Å². The van der Waals surface area contributed by atoms with Crippen molar-refractivity contribution in [3.63, 3.8) is 0 Å². The van der Waals surface area contributed by atoms with Gasteiger partial charge in [0.2, 0.25) is 0 Å². The quantitative estimate of drug-likeness (QED) is 0.606. The van der Waals surface area contributed by atoms with Gasteiger partial charge < -0.3 is 10.5 Å². The first-order chi connectivity index (χ1) is 7.16. The van der Waals surface area contributed by atoms with Crippen LogP contribution in [0.5, 0.6) is 5.75 Å². The van der Waals surface area contributed by atoms with Crippen LogP contribution in [0.4, 0.5) is 5.69 Å². The molecule has 1 saturated carbocycles. The molecule has 1 aliphatic rings. The molecule has 1 fully saturated rings. The number of carbonyl (C=O) groups is 1. The van der Waals surface area contributed by atoms with Crippen molar-refractivity contribution in [1.29, 1.82) is 0 Å². The molecule has 0 radical (unpaired) electrons. The number of Topliss-reactive ketones (excluding diaryl/α,β-unsaturated/α-hetero) is 1. The summed E-state index contributed by atoms with van der Waals surface area (Å²) in [7, 11) is 0. The Morgan fingerprint density at radius 3 is 2.87 bits per heavy atom. The second kappa shape index (κ2) is 3.93. The number of ketones is 1. The molecular weight excluding hydrogens is 190 g/mol. The van der Waals surface area contributed by atoms with Gasteiger partial charge in [-0.25, -0.2) is 0 Å². The van der Waals surface area contributed by atoms with Gasteiger partial charge in [0.05, 0.1) is 6.61 Å². The van der Waals surface area contributed by atoms with Gasteiger partial charge in [-0.3, -0.25) is 4.79 Å². The molecule has 15 heavy (non-hydrogen) atoms. The highest BCUT2D eigenvalue weighted by molar-refractivity contribution is 5.99. The number of ether oxygens (including phenoxy) is 1. The van der Waals surface area contributed by atoms with Crippen molar-refractivity contribution in [2.45, 2.75) is 19.8 Å². The number of nitrogens with two attached hydrogens (primary N) is 1. The van der Waals surface area contributed by atoms with E-state index >= 15 is 0 Å². The van der Waals surface area contributed by atoms with E-state index in [0.717, 1.165) is 12.4 Å². The third kappa shape index (κ3) is 2.49. The van der Waals surface area contributed by atoms with Crippen LogP contribution in [0.25, 0.3) is 0 Å². The number of nitrogen functional groups attached to an aromatic ring is 1. The van der Waals surface area contributed by atoms with Crippen LogP contribution >= 0.6 is 0 Å². The van der Waals surface area contributed by atoms with E-state index in [9.17, 15) is 4.79 Å². The summed E-state index contributed by atoms with van der Waals surface area (Å²) in [4.78, 5) is 11.2. The van der Waals surface area contributed by atoms with Crippen molar-refractivity contribution in [2.75, 3.05) is 12.3 Å². The summed E-state index contributed by atoms with van der Waals surface area (Å²) in [5, 5.41) is 0. The molecule has 1 aromatic rings. The molecule has 0 aliphatic heterocycles. The fraction of sp³-hybridized carbons (Fsp3) is 0.417. The minimum atomic E-state index is -0.0237. The molecule has 0 spiro atoms. The zero-order valence-corrected chi connectivity index (χ0v) is 8.82. The van der Waals surface area contributed by atoms with E-state index in [1.165, 1.54) is 19.8 Å². The van der Waals surface area contributed by atoms with Crippen molar-refractivity contribution < 1.29 is 9.53 Å². The zero-order valence-electron chi connectivity index (χ0n) is 8.82. The van der Waals surface area contributed by atoms with Gasteiger partial charge in [0, 0.05) is 11.3 Å². The molecule has 0 amide bonds. The molecule has 1 aliphatic carbocycles. The Bertz CT molecular complexity index is 383. The largest absolute Gasteiger partial charge is 0.493 e. The maximum atomic E-state index is 11.2. The van der Waals surface area contributed by atoms with Crippen molar-refractivity contribution in [2.24, 2.45) is 5.92 Å². The minimum absolute atomic E-state index is 0.0237. The number of carbonyl (C=O) groups excluding carboxylic acids is 1. The van der Waals surface area contributed by atoms with Crippen LogP contribution in [-0.2, 0) is 0 Å². The number of hydrogen-bond donors (Lipinski definition) is 1. The SMILES string of the molecule is CC(=O)c1cc(OCC2CC2)ccc1N. The van der Waals surface area contributed by atoms with E-state index in [-0.39, 0.29) is 5.78 Å². The van der Waals surface area contributed by atoms with Crippen LogP contribution in [0.15, 0.2) is 18.2 Å². The standard InChI is InChI=1S/C12H15NO2/c1-8(14)11-6-10(4-5-12(11)13)15-7-9-2-3-9/h4-6,9H,2-3,7,13H2,1H3. The third-order valence-electron chi connectivity index (χ3n) is 2.59. The lowest BCUT2D eigenvalue weighted by molar-refractivity contribution is 0.101. The molecule has 80 valence electrons. The molecule has 2 N–H and O–H groups in total. The summed E-state index contributed by atoms with van der Waals surface area (Å²) < 4.78 is 5.57. The first kappa shape index (κ1) is 10.0. The van der Waals surface area contributed by atoms with Gasteiger partial charge in [-0.1, -0.05) is 0 Å². The second-order valence-corrected chi connectivity index (χ2v) is 4.06. The fourth-order valence-electron chi connectivity index (χ4n) is 1.43. The topological polar surface area (TPSA) is 52.3 Å². The predicted molar refractivity (Wildman–Crippen MR) is 59.1 cm³/mol. The van der Waals surface area contributed by atoms with E-state index < -0.39 is 0 Å².